The molecule has 3 rings (SSSR count). The molecule has 1 amide bonds. The van der Waals surface area contributed by atoms with Crippen LogP contribution in [0.5, 0.6) is 5.75 Å². The lowest BCUT2D eigenvalue weighted by molar-refractivity contribution is 0.102. The van der Waals surface area contributed by atoms with E-state index in [1.807, 2.05) is 19.1 Å². The van der Waals surface area contributed by atoms with Crippen LogP contribution in [-0.4, -0.2) is 5.91 Å². The number of nitrogens with one attached hydrogen (secondary N) is 1. The molecule has 0 aromatic heterocycles. The lowest BCUT2D eigenvalue weighted by Crippen LogP contribution is -2.13. The number of hydrogen-bond acceptors (Lipinski definition) is 3. The Bertz CT molecular complexity index is 1020. The van der Waals surface area contributed by atoms with Crippen molar-refractivity contribution in [2.24, 2.45) is 0 Å². The number of benzene rings is 3. The van der Waals surface area contributed by atoms with Crippen LogP contribution >= 0.6 is 0 Å². The number of hydrogen-bond donors (Lipinski definition) is 1. The Kier molecular flexibility index (Phi) is 5.48. The van der Waals surface area contributed by atoms with Crippen LogP contribution in [-0.2, 0) is 6.61 Å². The first-order chi connectivity index (χ1) is 13.1. The maximum Gasteiger partial charge on any atom is 0.255 e. The van der Waals surface area contributed by atoms with Gasteiger partial charge in [0.05, 0.1) is 17.3 Å². The number of rotatable bonds is 5. The van der Waals surface area contributed by atoms with Gasteiger partial charge in [-0.05, 0) is 48.9 Å². The van der Waals surface area contributed by atoms with E-state index < -0.39 is 11.7 Å². The largest absolute Gasteiger partial charge is 0.489 e. The monoisotopic (exact) mass is 360 g/mol. The first-order valence-electron chi connectivity index (χ1n) is 8.35. The molecule has 0 unspecified atom stereocenters. The molecule has 0 aliphatic heterocycles. The second-order valence-electron chi connectivity index (χ2n) is 6.02. The van der Waals surface area contributed by atoms with Gasteiger partial charge >= 0.3 is 0 Å². The number of ether oxygens (including phenoxy) is 1. The number of halogens is 1. The molecule has 0 atom stereocenters. The van der Waals surface area contributed by atoms with E-state index in [1.54, 1.807) is 48.5 Å². The Morgan fingerprint density at radius 2 is 1.93 bits per heavy atom. The van der Waals surface area contributed by atoms with Gasteiger partial charge in [0, 0.05) is 11.1 Å². The summed E-state index contributed by atoms with van der Waals surface area (Å²) in [6.45, 7) is 2.03. The Hall–Kier alpha value is -3.65. The zero-order chi connectivity index (χ0) is 19.2. The Balaban J connectivity index is 1.72. The molecule has 0 bridgehead atoms. The highest BCUT2D eigenvalue weighted by Gasteiger charge is 2.11. The quantitative estimate of drug-likeness (QED) is 0.708. The summed E-state index contributed by atoms with van der Waals surface area (Å²) in [5.74, 6) is -0.433. The van der Waals surface area contributed by atoms with Gasteiger partial charge in [0.25, 0.3) is 5.91 Å². The molecule has 0 aliphatic carbocycles. The van der Waals surface area contributed by atoms with E-state index in [-0.39, 0.29) is 12.3 Å². The van der Waals surface area contributed by atoms with Gasteiger partial charge < -0.3 is 10.1 Å². The van der Waals surface area contributed by atoms with Crippen molar-refractivity contribution in [3.05, 3.63) is 94.8 Å². The molecule has 0 saturated heterocycles. The molecule has 27 heavy (non-hydrogen) atoms. The van der Waals surface area contributed by atoms with E-state index in [0.717, 1.165) is 11.1 Å². The maximum atomic E-state index is 13.8. The minimum Gasteiger partial charge on any atom is -0.489 e. The number of nitrogens with zero attached hydrogens (tertiary/aromatic N) is 1. The fourth-order valence-corrected chi connectivity index (χ4v) is 2.57. The zero-order valence-corrected chi connectivity index (χ0v) is 14.7. The van der Waals surface area contributed by atoms with E-state index >= 15 is 0 Å². The van der Waals surface area contributed by atoms with Crippen LogP contribution in [0.2, 0.25) is 0 Å². The van der Waals surface area contributed by atoms with Crippen LogP contribution in [0.4, 0.5) is 10.1 Å². The predicted octanol–water partition coefficient (Wildman–Crippen LogP) is 4.84. The van der Waals surface area contributed by atoms with Gasteiger partial charge in [-0.15, -0.1) is 0 Å². The van der Waals surface area contributed by atoms with Crippen LogP contribution in [0, 0.1) is 24.1 Å². The molecular weight excluding hydrogens is 343 g/mol. The van der Waals surface area contributed by atoms with Crippen molar-refractivity contribution in [2.75, 3.05) is 5.32 Å². The number of nitriles is 1. The van der Waals surface area contributed by atoms with Crippen molar-refractivity contribution in [3.63, 3.8) is 0 Å². The van der Waals surface area contributed by atoms with Crippen LogP contribution in [0.25, 0.3) is 0 Å². The summed E-state index contributed by atoms with van der Waals surface area (Å²) in [4.78, 5) is 12.4. The van der Waals surface area contributed by atoms with Crippen LogP contribution in [0.15, 0.2) is 66.7 Å². The lowest BCUT2D eigenvalue weighted by atomic mass is 10.1. The smallest absolute Gasteiger partial charge is 0.255 e. The average Bonchev–Trinajstić information content (AvgIpc) is 2.69. The maximum absolute atomic E-state index is 13.8. The van der Waals surface area contributed by atoms with Gasteiger partial charge in [0.2, 0.25) is 0 Å². The predicted molar refractivity (Wildman–Crippen MR) is 101 cm³/mol. The van der Waals surface area contributed by atoms with Crippen LogP contribution in [0.1, 0.15) is 27.0 Å². The minimum absolute atomic E-state index is 0.134. The van der Waals surface area contributed by atoms with Gasteiger partial charge in [-0.1, -0.05) is 30.3 Å². The Morgan fingerprint density at radius 3 is 2.74 bits per heavy atom. The third-order valence-electron chi connectivity index (χ3n) is 4.00. The SMILES string of the molecule is Cc1ccc(F)c(NC(=O)c2cccc(OCc3ccccc3C#N)c2)c1. The molecule has 0 radical (unpaired) electrons. The van der Waals surface area contributed by atoms with Crippen molar-refractivity contribution in [3.8, 4) is 11.8 Å². The normalized spacial score (nSPS) is 10.1. The summed E-state index contributed by atoms with van der Waals surface area (Å²) >= 11 is 0. The fourth-order valence-electron chi connectivity index (χ4n) is 2.57. The number of anilines is 1. The first-order valence-corrected chi connectivity index (χ1v) is 8.35. The number of carbonyl (C=O) groups excluding carboxylic acids is 1. The van der Waals surface area contributed by atoms with Crippen molar-refractivity contribution in [1.82, 2.24) is 0 Å². The highest BCUT2D eigenvalue weighted by molar-refractivity contribution is 6.04. The van der Waals surface area contributed by atoms with Crippen molar-refractivity contribution in [2.45, 2.75) is 13.5 Å². The summed E-state index contributed by atoms with van der Waals surface area (Å²) < 4.78 is 19.6. The summed E-state index contributed by atoms with van der Waals surface area (Å²) in [5.41, 5.74) is 2.63. The van der Waals surface area contributed by atoms with Crippen LogP contribution < -0.4 is 10.1 Å². The molecule has 0 aliphatic rings. The van der Waals surface area contributed by atoms with Gasteiger partial charge in [-0.2, -0.15) is 5.26 Å². The van der Waals surface area contributed by atoms with E-state index in [0.29, 0.717) is 16.9 Å². The molecule has 5 heteroatoms. The average molecular weight is 360 g/mol. The highest BCUT2D eigenvalue weighted by atomic mass is 19.1. The fraction of sp³-hybridized carbons (Fsp3) is 0.0909. The van der Waals surface area contributed by atoms with E-state index in [9.17, 15) is 9.18 Å². The molecular formula is C22H17FN2O2. The Morgan fingerprint density at radius 1 is 1.11 bits per heavy atom. The second-order valence-corrected chi connectivity index (χ2v) is 6.02. The first kappa shape index (κ1) is 18.2. The Labute approximate surface area is 156 Å². The number of amides is 1. The van der Waals surface area contributed by atoms with Gasteiger partial charge in [-0.3, -0.25) is 4.79 Å². The van der Waals surface area contributed by atoms with Gasteiger partial charge in [-0.25, -0.2) is 4.39 Å². The molecule has 0 spiro atoms. The van der Waals surface area contributed by atoms with E-state index in [2.05, 4.69) is 11.4 Å². The zero-order valence-electron chi connectivity index (χ0n) is 14.7. The highest BCUT2D eigenvalue weighted by Crippen LogP contribution is 2.20. The number of aryl methyl sites for hydroxylation is 1. The molecule has 0 fully saturated rings. The van der Waals surface area contributed by atoms with Gasteiger partial charge in [0.15, 0.2) is 0 Å². The third kappa shape index (κ3) is 4.50. The van der Waals surface area contributed by atoms with Crippen molar-refractivity contribution < 1.29 is 13.9 Å². The van der Waals surface area contributed by atoms with Crippen molar-refractivity contribution in [1.29, 1.82) is 5.26 Å². The molecule has 0 heterocycles. The van der Waals surface area contributed by atoms with Crippen LogP contribution in [0.3, 0.4) is 0 Å². The standard InChI is InChI=1S/C22H17FN2O2/c1-15-9-10-20(23)21(11-15)25-22(26)16-7-4-8-19(12-16)27-14-18-6-3-2-5-17(18)13-24/h2-12H,14H2,1H3,(H,25,26). The third-order valence-corrected chi connectivity index (χ3v) is 4.00. The van der Waals surface area contributed by atoms with E-state index in [1.165, 1.54) is 6.07 Å². The van der Waals surface area contributed by atoms with Gasteiger partial charge in [0.1, 0.15) is 18.2 Å². The molecule has 3 aromatic rings. The molecule has 134 valence electrons. The molecule has 4 nitrogen and oxygen atoms in total. The topological polar surface area (TPSA) is 62.1 Å². The molecule has 1 N–H and O–H groups in total. The van der Waals surface area contributed by atoms with Crippen molar-refractivity contribution >= 4 is 11.6 Å². The molecule has 0 saturated carbocycles. The number of carbonyl (C=O) groups is 1. The summed E-state index contributed by atoms with van der Waals surface area (Å²) in [5, 5.41) is 11.7. The minimum atomic E-state index is -0.491. The van der Waals surface area contributed by atoms with E-state index in [4.69, 9.17) is 10.00 Å². The summed E-state index contributed by atoms with van der Waals surface area (Å²) in [6.07, 6.45) is 0. The lowest BCUT2D eigenvalue weighted by Gasteiger charge is -2.10. The molecule has 3 aromatic carbocycles. The summed E-state index contributed by atoms with van der Waals surface area (Å²) in [6, 6.07) is 20.4. The second kappa shape index (κ2) is 8.15. The summed E-state index contributed by atoms with van der Waals surface area (Å²) in [7, 11) is 0.